The molecule has 8 heteroatoms. The zero-order valence-electron chi connectivity index (χ0n) is 16.1. The number of urea groups is 1. The second-order valence-electron chi connectivity index (χ2n) is 8.49. The fourth-order valence-electron chi connectivity index (χ4n) is 3.73. The van der Waals surface area contributed by atoms with Crippen molar-refractivity contribution in [3.63, 3.8) is 0 Å². The van der Waals surface area contributed by atoms with Crippen molar-refractivity contribution in [3.8, 4) is 0 Å². The van der Waals surface area contributed by atoms with E-state index in [-0.39, 0.29) is 35.7 Å². The van der Waals surface area contributed by atoms with Gasteiger partial charge in [-0.1, -0.05) is 27.7 Å². The molecule has 1 aromatic heterocycles. The largest absolute Gasteiger partial charge is 0.334 e. The number of hydrogen-bond acceptors (Lipinski definition) is 4. The van der Waals surface area contributed by atoms with Gasteiger partial charge in [0, 0.05) is 38.3 Å². The molecule has 4 amide bonds. The molecule has 2 aliphatic heterocycles. The van der Waals surface area contributed by atoms with Gasteiger partial charge in [0.25, 0.3) is 11.8 Å². The molecule has 0 N–H and O–H groups in total. The zero-order valence-corrected chi connectivity index (χ0v) is 16.1. The molecular formula is C18H27N5O3. The van der Waals surface area contributed by atoms with Crippen LogP contribution in [0.5, 0.6) is 0 Å². The van der Waals surface area contributed by atoms with Crippen molar-refractivity contribution in [3.05, 3.63) is 18.0 Å². The third kappa shape index (κ3) is 3.32. The summed E-state index contributed by atoms with van der Waals surface area (Å²) in [5, 5.41) is 4.19. The molecule has 0 saturated carbocycles. The number of aryl methyl sites for hydroxylation is 1. The molecule has 1 aromatic rings. The maximum atomic E-state index is 12.9. The Morgan fingerprint density at radius 3 is 2.58 bits per heavy atom. The molecule has 142 valence electrons. The highest BCUT2D eigenvalue weighted by Crippen LogP contribution is 2.30. The molecule has 1 atom stereocenters. The van der Waals surface area contributed by atoms with Crippen molar-refractivity contribution in [1.29, 1.82) is 0 Å². The Labute approximate surface area is 153 Å². The normalized spacial score (nSPS) is 22.8. The van der Waals surface area contributed by atoms with Crippen LogP contribution in [0.25, 0.3) is 0 Å². The standard InChI is InChI=1S/C18H27N5O3/c1-12(2)8-22-16(25)14-9-21(15(24)13-6-7-20(5)19-13)10-18(3,4)11-23(14)17(22)26/h6-7,12,14H,8-11H2,1-5H3. The smallest absolute Gasteiger partial charge is 0.327 e. The number of aromatic nitrogens is 2. The molecule has 2 saturated heterocycles. The molecule has 0 radical (unpaired) electrons. The Morgan fingerprint density at radius 2 is 2.00 bits per heavy atom. The summed E-state index contributed by atoms with van der Waals surface area (Å²) < 4.78 is 1.58. The lowest BCUT2D eigenvalue weighted by Crippen LogP contribution is -2.44. The molecule has 26 heavy (non-hydrogen) atoms. The Balaban J connectivity index is 1.89. The molecule has 0 spiro atoms. The van der Waals surface area contributed by atoms with Crippen LogP contribution in [0.2, 0.25) is 0 Å². The molecular weight excluding hydrogens is 334 g/mol. The van der Waals surface area contributed by atoms with Gasteiger partial charge in [-0.05, 0) is 12.0 Å². The first-order chi connectivity index (χ1) is 12.1. The second kappa shape index (κ2) is 6.41. The van der Waals surface area contributed by atoms with Crippen LogP contribution < -0.4 is 0 Å². The van der Waals surface area contributed by atoms with E-state index < -0.39 is 6.04 Å². The van der Waals surface area contributed by atoms with Gasteiger partial charge < -0.3 is 9.80 Å². The van der Waals surface area contributed by atoms with Crippen LogP contribution >= 0.6 is 0 Å². The fourth-order valence-corrected chi connectivity index (χ4v) is 3.73. The maximum Gasteiger partial charge on any atom is 0.327 e. The van der Waals surface area contributed by atoms with Crippen molar-refractivity contribution >= 4 is 17.8 Å². The van der Waals surface area contributed by atoms with Crippen LogP contribution in [-0.4, -0.2) is 74.5 Å². The highest BCUT2D eigenvalue weighted by atomic mass is 16.2. The van der Waals surface area contributed by atoms with E-state index in [1.54, 1.807) is 33.8 Å². The summed E-state index contributed by atoms with van der Waals surface area (Å²) in [6, 6.07) is 0.814. The summed E-state index contributed by atoms with van der Waals surface area (Å²) in [6.07, 6.45) is 1.72. The molecule has 8 nitrogen and oxygen atoms in total. The molecule has 2 aliphatic rings. The lowest BCUT2D eigenvalue weighted by atomic mass is 9.92. The SMILES string of the molecule is CC(C)CN1C(=O)C2CN(C(=O)c3ccn(C)n3)CC(C)(C)CN2C1=O. The third-order valence-corrected chi connectivity index (χ3v) is 4.78. The van der Waals surface area contributed by atoms with Gasteiger partial charge >= 0.3 is 6.03 Å². The predicted octanol–water partition coefficient (Wildman–Crippen LogP) is 1.19. The van der Waals surface area contributed by atoms with Crippen molar-refractivity contribution in [2.45, 2.75) is 33.7 Å². The summed E-state index contributed by atoms with van der Waals surface area (Å²) in [5.41, 5.74) is 0.0377. The van der Waals surface area contributed by atoms with Gasteiger partial charge in [-0.2, -0.15) is 5.10 Å². The Morgan fingerprint density at radius 1 is 1.31 bits per heavy atom. The Kier molecular flexibility index (Phi) is 4.54. The number of carbonyl (C=O) groups excluding carboxylic acids is 3. The minimum Gasteiger partial charge on any atom is -0.334 e. The fraction of sp³-hybridized carbons (Fsp3) is 0.667. The van der Waals surface area contributed by atoms with E-state index in [0.29, 0.717) is 25.3 Å². The average molecular weight is 361 g/mol. The first kappa shape index (κ1) is 18.4. The number of fused-ring (bicyclic) bond motifs is 1. The van der Waals surface area contributed by atoms with E-state index in [1.807, 2.05) is 27.7 Å². The van der Waals surface area contributed by atoms with E-state index >= 15 is 0 Å². The van der Waals surface area contributed by atoms with Crippen LogP contribution in [-0.2, 0) is 11.8 Å². The monoisotopic (exact) mass is 361 g/mol. The van der Waals surface area contributed by atoms with Gasteiger partial charge in [0.2, 0.25) is 0 Å². The summed E-state index contributed by atoms with van der Waals surface area (Å²) in [4.78, 5) is 43.2. The molecule has 0 aromatic carbocycles. The summed E-state index contributed by atoms with van der Waals surface area (Å²) in [7, 11) is 1.76. The molecule has 3 heterocycles. The van der Waals surface area contributed by atoms with Crippen molar-refractivity contribution in [2.75, 3.05) is 26.2 Å². The highest BCUT2D eigenvalue weighted by Gasteiger charge is 2.50. The Bertz CT molecular complexity index is 739. The van der Waals surface area contributed by atoms with Crippen molar-refractivity contribution in [2.24, 2.45) is 18.4 Å². The molecule has 0 aliphatic carbocycles. The maximum absolute atomic E-state index is 12.9. The minimum absolute atomic E-state index is 0.200. The van der Waals surface area contributed by atoms with Crippen LogP contribution in [0.4, 0.5) is 4.79 Å². The summed E-state index contributed by atoms with van der Waals surface area (Å²) >= 11 is 0. The van der Waals surface area contributed by atoms with Gasteiger partial charge in [0.15, 0.2) is 0 Å². The van der Waals surface area contributed by atoms with Gasteiger partial charge in [0.05, 0.1) is 6.54 Å². The number of amides is 4. The number of carbonyl (C=O) groups is 3. The van der Waals surface area contributed by atoms with Crippen LogP contribution in [0.1, 0.15) is 38.2 Å². The van der Waals surface area contributed by atoms with E-state index in [1.165, 1.54) is 4.90 Å². The van der Waals surface area contributed by atoms with E-state index in [4.69, 9.17) is 0 Å². The third-order valence-electron chi connectivity index (χ3n) is 4.78. The van der Waals surface area contributed by atoms with Crippen LogP contribution in [0.3, 0.4) is 0 Å². The van der Waals surface area contributed by atoms with Gasteiger partial charge in [-0.15, -0.1) is 0 Å². The second-order valence-corrected chi connectivity index (χ2v) is 8.49. The van der Waals surface area contributed by atoms with Crippen molar-refractivity contribution in [1.82, 2.24) is 24.5 Å². The summed E-state index contributed by atoms with van der Waals surface area (Å²) in [5.74, 6) is -0.214. The van der Waals surface area contributed by atoms with Crippen molar-refractivity contribution < 1.29 is 14.4 Å². The Hall–Kier alpha value is -2.38. The van der Waals surface area contributed by atoms with E-state index in [0.717, 1.165) is 0 Å². The zero-order chi connectivity index (χ0) is 19.2. The first-order valence-electron chi connectivity index (χ1n) is 9.00. The minimum atomic E-state index is -0.615. The topological polar surface area (TPSA) is 78.8 Å². The van der Waals surface area contributed by atoms with E-state index in [9.17, 15) is 14.4 Å². The number of imide groups is 1. The van der Waals surface area contributed by atoms with Crippen LogP contribution in [0, 0.1) is 11.3 Å². The molecule has 0 bridgehead atoms. The number of hydrogen-bond donors (Lipinski definition) is 0. The van der Waals surface area contributed by atoms with Gasteiger partial charge in [0.1, 0.15) is 11.7 Å². The van der Waals surface area contributed by atoms with Gasteiger partial charge in [-0.25, -0.2) is 4.79 Å². The quantitative estimate of drug-likeness (QED) is 0.758. The number of rotatable bonds is 3. The van der Waals surface area contributed by atoms with E-state index in [2.05, 4.69) is 5.10 Å². The number of nitrogens with zero attached hydrogens (tertiary/aromatic N) is 5. The lowest BCUT2D eigenvalue weighted by molar-refractivity contribution is -0.128. The first-order valence-corrected chi connectivity index (χ1v) is 9.00. The molecule has 3 rings (SSSR count). The predicted molar refractivity (Wildman–Crippen MR) is 95.3 cm³/mol. The highest BCUT2D eigenvalue weighted by molar-refractivity contribution is 6.05. The lowest BCUT2D eigenvalue weighted by Gasteiger charge is -2.30. The molecule has 1 unspecified atom stereocenters. The van der Waals surface area contributed by atoms with Gasteiger partial charge in [-0.3, -0.25) is 19.2 Å². The molecule has 2 fully saturated rings. The summed E-state index contributed by atoms with van der Waals surface area (Å²) in [6.45, 7) is 9.50. The average Bonchev–Trinajstić information content (AvgIpc) is 3.00. The van der Waals surface area contributed by atoms with Crippen LogP contribution in [0.15, 0.2) is 12.3 Å².